The van der Waals surface area contributed by atoms with Gasteiger partial charge in [0.25, 0.3) is 0 Å². The van der Waals surface area contributed by atoms with Gasteiger partial charge in [-0.15, -0.1) is 0 Å². The zero-order chi connectivity index (χ0) is 12.1. The first-order chi connectivity index (χ1) is 6.85. The van der Waals surface area contributed by atoms with Gasteiger partial charge in [0.2, 0.25) is 10.0 Å². The lowest BCUT2D eigenvalue weighted by Crippen LogP contribution is -2.44. The van der Waals surface area contributed by atoms with Crippen molar-refractivity contribution in [2.45, 2.75) is 44.9 Å². The van der Waals surface area contributed by atoms with Gasteiger partial charge >= 0.3 is 5.97 Å². The summed E-state index contributed by atoms with van der Waals surface area (Å²) in [5.74, 6) is -0.627. The highest BCUT2D eigenvalue weighted by molar-refractivity contribution is 7.90. The van der Waals surface area contributed by atoms with Gasteiger partial charge < -0.3 is 10.6 Å². The molecule has 0 amide bonds. The summed E-state index contributed by atoms with van der Waals surface area (Å²) in [6.07, 6.45) is 0.466. The predicted octanol–water partition coefficient (Wildman–Crippen LogP) is -0.100. The summed E-state index contributed by atoms with van der Waals surface area (Å²) in [5.41, 5.74) is 5.51. The first-order valence-corrected chi connectivity index (χ1v) is 6.35. The Bertz CT molecular complexity index is 300. The van der Waals surface area contributed by atoms with E-state index in [1.165, 1.54) is 0 Å². The molecule has 6 nitrogen and oxygen atoms in total. The van der Waals surface area contributed by atoms with Crippen molar-refractivity contribution in [3.05, 3.63) is 0 Å². The summed E-state index contributed by atoms with van der Waals surface area (Å²) >= 11 is 0. The molecule has 0 bridgehead atoms. The number of nitrogens with one attached hydrogen (secondary N) is 1. The molecule has 3 N–H and O–H groups in total. The van der Waals surface area contributed by atoms with E-state index in [-0.39, 0.29) is 6.42 Å². The molecule has 15 heavy (non-hydrogen) atoms. The molecule has 7 heteroatoms. The molecule has 0 aliphatic rings. The highest BCUT2D eigenvalue weighted by Crippen LogP contribution is 2.07. The van der Waals surface area contributed by atoms with E-state index >= 15 is 0 Å². The van der Waals surface area contributed by atoms with Crippen molar-refractivity contribution < 1.29 is 18.0 Å². The molecule has 0 aromatic heterocycles. The molecular formula is C8H18N2O4S. The quantitative estimate of drug-likeness (QED) is 0.630. The van der Waals surface area contributed by atoms with Crippen LogP contribution in [-0.2, 0) is 19.7 Å². The fraction of sp³-hybridized carbons (Fsp3) is 0.875. The summed E-state index contributed by atoms with van der Waals surface area (Å²) < 4.78 is 23.1. The average molecular weight is 238 g/mol. The third-order valence-corrected chi connectivity index (χ3v) is 3.82. The maximum Gasteiger partial charge on any atom is 0.325 e. The van der Waals surface area contributed by atoms with E-state index in [4.69, 9.17) is 5.73 Å². The fourth-order valence-electron chi connectivity index (χ4n) is 1.11. The van der Waals surface area contributed by atoms with Crippen LogP contribution in [-0.4, -0.2) is 25.7 Å². The van der Waals surface area contributed by atoms with Crippen LogP contribution in [0.2, 0.25) is 0 Å². The minimum atomic E-state index is -3.69. The molecule has 0 saturated carbocycles. The Balaban J connectivity index is 4.47. The molecule has 0 saturated heterocycles. The molecule has 0 fully saturated rings. The second kappa shape index (κ2) is 6.04. The summed E-state index contributed by atoms with van der Waals surface area (Å²) in [6, 6.07) is -0.521. The summed E-state index contributed by atoms with van der Waals surface area (Å²) in [4.78, 5) is 16.9. The predicted molar refractivity (Wildman–Crippen MR) is 56.2 cm³/mol. The van der Waals surface area contributed by atoms with Gasteiger partial charge in [-0.1, -0.05) is 13.8 Å². The Morgan fingerprint density at radius 1 is 1.47 bits per heavy atom. The Kier molecular flexibility index (Phi) is 5.77. The normalized spacial score (nSPS) is 15.7. The van der Waals surface area contributed by atoms with Crippen LogP contribution in [0.1, 0.15) is 33.6 Å². The maximum absolute atomic E-state index is 11.6. The monoisotopic (exact) mass is 238 g/mol. The number of carbonyl (C=O) groups is 1. The van der Waals surface area contributed by atoms with Crippen molar-refractivity contribution in [2.75, 3.05) is 0 Å². The Labute approximate surface area is 90.2 Å². The highest BCUT2D eigenvalue weighted by atomic mass is 32.2. The van der Waals surface area contributed by atoms with Gasteiger partial charge in [0, 0.05) is 12.5 Å². The average Bonchev–Trinajstić information content (AvgIpc) is 2.14. The minimum absolute atomic E-state index is 0.109. The Hall–Kier alpha value is -0.660. The molecule has 0 radical (unpaired) electrons. The first kappa shape index (κ1) is 14.3. The lowest BCUT2D eigenvalue weighted by molar-refractivity contribution is -0.146. The van der Waals surface area contributed by atoms with E-state index in [2.05, 4.69) is 4.84 Å². The van der Waals surface area contributed by atoms with Crippen molar-refractivity contribution >= 4 is 16.0 Å². The van der Waals surface area contributed by atoms with Crippen LogP contribution in [0.5, 0.6) is 0 Å². The standard InChI is InChI=1S/C8H18N2O4S/c1-4-7(6(3)9)15(12,13)10-14-8(11)5-2/h6-7,10H,4-5,9H2,1-3H3. The lowest BCUT2D eigenvalue weighted by Gasteiger charge is -2.18. The van der Waals surface area contributed by atoms with Crippen LogP contribution in [0.25, 0.3) is 0 Å². The number of rotatable bonds is 6. The van der Waals surface area contributed by atoms with E-state index in [0.29, 0.717) is 6.42 Å². The molecule has 0 aromatic carbocycles. The van der Waals surface area contributed by atoms with Crippen molar-refractivity contribution in [3.8, 4) is 0 Å². The maximum atomic E-state index is 11.6. The smallest absolute Gasteiger partial charge is 0.325 e. The summed E-state index contributed by atoms with van der Waals surface area (Å²) in [5, 5.41) is -0.762. The lowest BCUT2D eigenvalue weighted by atomic mass is 10.2. The Morgan fingerprint density at radius 3 is 2.33 bits per heavy atom. The molecule has 2 atom stereocenters. The van der Waals surface area contributed by atoms with E-state index in [1.54, 1.807) is 25.7 Å². The largest absolute Gasteiger partial charge is 0.356 e. The van der Waals surface area contributed by atoms with Crippen LogP contribution in [0.4, 0.5) is 0 Å². The number of nitrogens with two attached hydrogens (primary N) is 1. The second-order valence-corrected chi connectivity index (χ2v) is 5.12. The molecule has 0 spiro atoms. The number of hydrogen-bond acceptors (Lipinski definition) is 5. The molecule has 0 rings (SSSR count). The van der Waals surface area contributed by atoms with Gasteiger partial charge in [0.05, 0.1) is 5.25 Å². The zero-order valence-electron chi connectivity index (χ0n) is 9.19. The molecule has 0 heterocycles. The van der Waals surface area contributed by atoms with Crippen LogP contribution in [0, 0.1) is 0 Å². The molecule has 2 unspecified atom stereocenters. The van der Waals surface area contributed by atoms with Gasteiger partial charge in [-0.05, 0) is 18.2 Å². The SMILES string of the molecule is CCC(=O)ONS(=O)(=O)C(CC)C(C)N. The Morgan fingerprint density at radius 2 is 2.00 bits per heavy atom. The number of sulfonamides is 1. The van der Waals surface area contributed by atoms with E-state index < -0.39 is 27.3 Å². The highest BCUT2D eigenvalue weighted by Gasteiger charge is 2.28. The van der Waals surface area contributed by atoms with Gasteiger partial charge in [-0.25, -0.2) is 8.42 Å². The van der Waals surface area contributed by atoms with Crippen LogP contribution in [0.15, 0.2) is 0 Å². The van der Waals surface area contributed by atoms with Gasteiger partial charge in [0.1, 0.15) is 0 Å². The molecule has 0 aliphatic carbocycles. The molecule has 90 valence electrons. The van der Waals surface area contributed by atoms with Crippen LogP contribution in [0.3, 0.4) is 0 Å². The van der Waals surface area contributed by atoms with Crippen molar-refractivity contribution in [1.29, 1.82) is 0 Å². The molecule has 0 aromatic rings. The number of carbonyl (C=O) groups excluding carboxylic acids is 1. The van der Waals surface area contributed by atoms with Crippen molar-refractivity contribution in [1.82, 2.24) is 4.89 Å². The fourth-order valence-corrected chi connectivity index (χ4v) is 2.45. The van der Waals surface area contributed by atoms with Gasteiger partial charge in [0.15, 0.2) is 0 Å². The summed E-state index contributed by atoms with van der Waals surface area (Å²) in [6.45, 7) is 4.86. The van der Waals surface area contributed by atoms with E-state index in [0.717, 1.165) is 0 Å². The van der Waals surface area contributed by atoms with E-state index in [9.17, 15) is 13.2 Å². The van der Waals surface area contributed by atoms with Crippen molar-refractivity contribution in [3.63, 3.8) is 0 Å². The topological polar surface area (TPSA) is 98.5 Å². The third kappa shape index (κ3) is 4.59. The van der Waals surface area contributed by atoms with Gasteiger partial charge in [-0.2, -0.15) is 0 Å². The molecule has 0 aliphatic heterocycles. The zero-order valence-corrected chi connectivity index (χ0v) is 10.0. The van der Waals surface area contributed by atoms with Crippen molar-refractivity contribution in [2.24, 2.45) is 5.73 Å². The third-order valence-electron chi connectivity index (χ3n) is 1.95. The van der Waals surface area contributed by atoms with Crippen LogP contribution >= 0.6 is 0 Å². The van der Waals surface area contributed by atoms with Crippen LogP contribution < -0.4 is 10.6 Å². The number of hydrogen-bond donors (Lipinski definition) is 2. The second-order valence-electron chi connectivity index (χ2n) is 3.26. The molecular weight excluding hydrogens is 220 g/mol. The van der Waals surface area contributed by atoms with Gasteiger partial charge in [-0.3, -0.25) is 4.79 Å². The summed E-state index contributed by atoms with van der Waals surface area (Å²) in [7, 11) is -3.69. The minimum Gasteiger partial charge on any atom is -0.356 e. The first-order valence-electron chi connectivity index (χ1n) is 4.81. The van der Waals surface area contributed by atoms with E-state index in [1.807, 2.05) is 0 Å².